The molecule has 0 bridgehead atoms. The van der Waals surface area contributed by atoms with Crippen molar-refractivity contribution in [3.8, 4) is 0 Å². The molecule has 0 aliphatic rings. The maximum Gasteiger partial charge on any atom is 0.411 e. The number of hydrogen-bond donors (Lipinski definition) is 1. The summed E-state index contributed by atoms with van der Waals surface area (Å²) in [6, 6.07) is 9.88. The number of carbonyl (C=O) groups excluding carboxylic acids is 2. The smallest absolute Gasteiger partial charge is 0.367 e. The molecule has 0 unspecified atom stereocenters. The molecule has 150 valence electrons. The summed E-state index contributed by atoms with van der Waals surface area (Å²) in [6.07, 6.45) is -2.26. The minimum Gasteiger partial charge on any atom is -0.367 e. The van der Waals surface area contributed by atoms with E-state index in [2.05, 4.69) is 15.0 Å². The number of hydrogen-bond acceptors (Lipinski definition) is 4. The van der Waals surface area contributed by atoms with Crippen molar-refractivity contribution in [3.05, 3.63) is 65.0 Å². The van der Waals surface area contributed by atoms with Crippen LogP contribution < -0.4 is 5.32 Å². The van der Waals surface area contributed by atoms with Crippen molar-refractivity contribution in [2.75, 3.05) is 6.61 Å². The molecular weight excluding hydrogens is 373 g/mol. The summed E-state index contributed by atoms with van der Waals surface area (Å²) in [4.78, 5) is 27.9. The number of pyridine rings is 1. The summed E-state index contributed by atoms with van der Waals surface area (Å²) in [7, 11) is 0. The second kappa shape index (κ2) is 9.98. The molecule has 0 aliphatic heterocycles. The predicted molar refractivity (Wildman–Crippen MR) is 96.6 cm³/mol. The minimum atomic E-state index is -4.35. The van der Waals surface area contributed by atoms with Crippen molar-refractivity contribution in [1.82, 2.24) is 10.3 Å². The molecule has 28 heavy (non-hydrogen) atoms. The summed E-state index contributed by atoms with van der Waals surface area (Å²) in [5.74, 6) is -0.255. The van der Waals surface area contributed by atoms with Gasteiger partial charge in [0.05, 0.1) is 6.61 Å². The number of Topliss-reactive ketones (excluding diaryl/α,β-unsaturated/α-hetero) is 1. The molecule has 1 aromatic carbocycles. The lowest BCUT2D eigenvalue weighted by atomic mass is 10.1. The fraction of sp³-hybridized carbons (Fsp3) is 0.350. The second-order valence-electron chi connectivity index (χ2n) is 6.21. The van der Waals surface area contributed by atoms with E-state index >= 15 is 0 Å². The van der Waals surface area contributed by atoms with Gasteiger partial charge in [0.2, 0.25) is 0 Å². The molecule has 0 saturated carbocycles. The van der Waals surface area contributed by atoms with Crippen LogP contribution in [0.25, 0.3) is 0 Å². The zero-order valence-corrected chi connectivity index (χ0v) is 15.4. The Morgan fingerprint density at radius 2 is 1.79 bits per heavy atom. The monoisotopic (exact) mass is 394 g/mol. The Hall–Kier alpha value is -2.74. The highest BCUT2D eigenvalue weighted by Gasteiger charge is 2.27. The SMILES string of the molecule is CCC(=O)Cc1cc(C(=O)NCc2ccc(COCC(F)(F)F)cc2)ccn1. The van der Waals surface area contributed by atoms with Crippen molar-refractivity contribution in [2.45, 2.75) is 39.1 Å². The van der Waals surface area contributed by atoms with Gasteiger partial charge in [0, 0.05) is 36.8 Å². The Kier molecular flexibility index (Phi) is 7.69. The van der Waals surface area contributed by atoms with Crippen LogP contribution >= 0.6 is 0 Å². The lowest BCUT2D eigenvalue weighted by molar-refractivity contribution is -0.176. The fourth-order valence-corrected chi connectivity index (χ4v) is 2.37. The number of ketones is 1. The third-order valence-electron chi connectivity index (χ3n) is 3.86. The molecule has 0 radical (unpaired) electrons. The lowest BCUT2D eigenvalue weighted by Crippen LogP contribution is -2.23. The van der Waals surface area contributed by atoms with E-state index in [0.29, 0.717) is 23.2 Å². The van der Waals surface area contributed by atoms with Gasteiger partial charge in [0.1, 0.15) is 12.4 Å². The van der Waals surface area contributed by atoms with Crippen molar-refractivity contribution in [1.29, 1.82) is 0 Å². The molecule has 2 rings (SSSR count). The molecular formula is C20H21F3N2O3. The van der Waals surface area contributed by atoms with E-state index in [-0.39, 0.29) is 31.3 Å². The Morgan fingerprint density at radius 1 is 1.11 bits per heavy atom. The molecule has 1 N–H and O–H groups in total. The molecule has 0 aliphatic carbocycles. The van der Waals surface area contributed by atoms with Gasteiger partial charge in [-0.05, 0) is 23.3 Å². The maximum atomic E-state index is 12.3. The second-order valence-corrected chi connectivity index (χ2v) is 6.21. The highest BCUT2D eigenvalue weighted by molar-refractivity contribution is 5.94. The summed E-state index contributed by atoms with van der Waals surface area (Å²) < 4.78 is 40.8. The minimum absolute atomic E-state index is 0.0457. The first-order valence-electron chi connectivity index (χ1n) is 8.74. The summed E-state index contributed by atoms with van der Waals surface area (Å²) in [5.41, 5.74) is 2.36. The van der Waals surface area contributed by atoms with Crippen molar-refractivity contribution < 1.29 is 27.5 Å². The average molecular weight is 394 g/mol. The van der Waals surface area contributed by atoms with Gasteiger partial charge in [-0.2, -0.15) is 13.2 Å². The molecule has 0 atom stereocenters. The van der Waals surface area contributed by atoms with E-state index in [9.17, 15) is 22.8 Å². The maximum absolute atomic E-state index is 12.3. The topological polar surface area (TPSA) is 68.3 Å². The standard InChI is InChI=1S/C20H21F3N2O3/c1-2-18(26)10-17-9-16(7-8-24-17)19(27)25-11-14-3-5-15(6-4-14)12-28-13-20(21,22)23/h3-9H,2,10-13H2,1H3,(H,25,27). The number of alkyl halides is 3. The van der Waals surface area contributed by atoms with Gasteiger partial charge in [-0.3, -0.25) is 14.6 Å². The number of rotatable bonds is 9. The number of ether oxygens (including phenoxy) is 1. The van der Waals surface area contributed by atoms with Gasteiger partial charge in [-0.1, -0.05) is 31.2 Å². The van der Waals surface area contributed by atoms with E-state index in [1.165, 1.54) is 6.20 Å². The molecule has 1 aromatic heterocycles. The Labute approximate surface area is 160 Å². The third kappa shape index (κ3) is 7.48. The van der Waals surface area contributed by atoms with E-state index in [4.69, 9.17) is 0 Å². The van der Waals surface area contributed by atoms with Gasteiger partial charge in [0.25, 0.3) is 5.91 Å². The summed E-state index contributed by atoms with van der Waals surface area (Å²) >= 11 is 0. The molecule has 2 aromatic rings. The van der Waals surface area contributed by atoms with Crippen LogP contribution in [0.3, 0.4) is 0 Å². The van der Waals surface area contributed by atoms with Crippen LogP contribution in [0.15, 0.2) is 42.6 Å². The molecule has 8 heteroatoms. The molecule has 0 spiro atoms. The van der Waals surface area contributed by atoms with Gasteiger partial charge in [-0.25, -0.2) is 0 Å². The third-order valence-corrected chi connectivity index (χ3v) is 3.86. The van der Waals surface area contributed by atoms with Crippen LogP contribution in [0.5, 0.6) is 0 Å². The first kappa shape index (κ1) is 21.6. The van der Waals surface area contributed by atoms with Crippen molar-refractivity contribution in [2.24, 2.45) is 0 Å². The summed E-state index contributed by atoms with van der Waals surface area (Å²) in [5, 5.41) is 2.76. The van der Waals surface area contributed by atoms with E-state index in [0.717, 1.165) is 5.56 Å². The number of nitrogens with zero attached hydrogens (tertiary/aromatic N) is 1. The van der Waals surface area contributed by atoms with Gasteiger partial charge in [0.15, 0.2) is 0 Å². The van der Waals surface area contributed by atoms with E-state index < -0.39 is 12.8 Å². The first-order chi connectivity index (χ1) is 13.3. The molecule has 1 heterocycles. The number of carbonyl (C=O) groups is 2. The Bertz CT molecular complexity index is 805. The Morgan fingerprint density at radius 3 is 2.43 bits per heavy atom. The first-order valence-corrected chi connectivity index (χ1v) is 8.74. The van der Waals surface area contributed by atoms with Gasteiger partial charge < -0.3 is 10.1 Å². The number of amides is 1. The molecule has 1 amide bonds. The van der Waals surface area contributed by atoms with Crippen LogP contribution in [0.2, 0.25) is 0 Å². The van der Waals surface area contributed by atoms with Crippen LogP contribution in [-0.4, -0.2) is 29.5 Å². The number of halogens is 3. The zero-order chi connectivity index (χ0) is 20.6. The average Bonchev–Trinajstić information content (AvgIpc) is 2.66. The van der Waals surface area contributed by atoms with Crippen LogP contribution in [0.1, 0.15) is 40.5 Å². The van der Waals surface area contributed by atoms with Crippen LogP contribution in [0, 0.1) is 0 Å². The predicted octanol–water partition coefficient (Wildman–Crippen LogP) is 3.61. The fourth-order valence-electron chi connectivity index (χ4n) is 2.37. The van der Waals surface area contributed by atoms with Crippen LogP contribution in [0.4, 0.5) is 13.2 Å². The lowest BCUT2D eigenvalue weighted by Gasteiger charge is -2.09. The largest absolute Gasteiger partial charge is 0.411 e. The highest BCUT2D eigenvalue weighted by Crippen LogP contribution is 2.16. The molecule has 0 saturated heterocycles. The number of aromatic nitrogens is 1. The Balaban J connectivity index is 1.85. The van der Waals surface area contributed by atoms with Crippen LogP contribution in [-0.2, 0) is 29.1 Å². The quantitative estimate of drug-likeness (QED) is 0.706. The van der Waals surface area contributed by atoms with Crippen molar-refractivity contribution in [3.63, 3.8) is 0 Å². The molecule has 5 nitrogen and oxygen atoms in total. The zero-order valence-electron chi connectivity index (χ0n) is 15.4. The highest BCUT2D eigenvalue weighted by atomic mass is 19.4. The van der Waals surface area contributed by atoms with E-state index in [1.54, 1.807) is 43.3 Å². The van der Waals surface area contributed by atoms with E-state index in [1.807, 2.05) is 0 Å². The van der Waals surface area contributed by atoms with Crippen molar-refractivity contribution >= 4 is 11.7 Å². The van der Waals surface area contributed by atoms with Gasteiger partial charge in [-0.15, -0.1) is 0 Å². The normalized spacial score (nSPS) is 11.3. The number of benzene rings is 1. The number of nitrogens with one attached hydrogen (secondary N) is 1. The molecule has 0 fully saturated rings. The summed E-state index contributed by atoms with van der Waals surface area (Å²) in [6.45, 7) is 0.603. The van der Waals surface area contributed by atoms with Gasteiger partial charge >= 0.3 is 6.18 Å².